The van der Waals surface area contributed by atoms with Crippen LogP contribution < -0.4 is 5.32 Å². The highest BCUT2D eigenvalue weighted by Crippen LogP contribution is 2.41. The molecule has 2 amide bonds. The normalized spacial score (nSPS) is 24.2. The predicted molar refractivity (Wildman–Crippen MR) is 95.5 cm³/mol. The first-order valence-electron chi connectivity index (χ1n) is 9.13. The number of anilines is 1. The van der Waals surface area contributed by atoms with Crippen molar-refractivity contribution in [2.75, 3.05) is 11.9 Å². The molecular weight excluding hydrogens is 300 g/mol. The van der Waals surface area contributed by atoms with E-state index in [0.717, 1.165) is 25.1 Å². The van der Waals surface area contributed by atoms with Gasteiger partial charge in [0.2, 0.25) is 11.8 Å². The first-order chi connectivity index (χ1) is 11.5. The summed E-state index contributed by atoms with van der Waals surface area (Å²) < 4.78 is 0. The van der Waals surface area contributed by atoms with Crippen molar-refractivity contribution in [2.24, 2.45) is 11.3 Å². The zero-order valence-corrected chi connectivity index (χ0v) is 14.8. The van der Waals surface area contributed by atoms with Gasteiger partial charge in [-0.1, -0.05) is 51.3 Å². The van der Waals surface area contributed by atoms with Crippen LogP contribution in [0.3, 0.4) is 0 Å². The Morgan fingerprint density at radius 2 is 1.83 bits per heavy atom. The number of nitrogens with one attached hydrogen (secondary N) is 1. The maximum atomic E-state index is 13.0. The van der Waals surface area contributed by atoms with Gasteiger partial charge in [-0.3, -0.25) is 9.59 Å². The molecule has 2 aliphatic rings. The van der Waals surface area contributed by atoms with Crippen molar-refractivity contribution in [3.63, 3.8) is 0 Å². The molecule has 1 saturated heterocycles. The predicted octanol–water partition coefficient (Wildman–Crippen LogP) is 3.83. The molecule has 1 saturated carbocycles. The molecule has 1 N–H and O–H groups in total. The number of hydrogen-bond acceptors (Lipinski definition) is 2. The third kappa shape index (κ3) is 3.63. The van der Waals surface area contributed by atoms with Crippen LogP contribution in [0.4, 0.5) is 5.69 Å². The number of hydrogen-bond donors (Lipinski definition) is 1. The van der Waals surface area contributed by atoms with Crippen LogP contribution in [0.25, 0.3) is 0 Å². The lowest BCUT2D eigenvalue weighted by Gasteiger charge is -2.32. The van der Waals surface area contributed by atoms with E-state index in [1.807, 2.05) is 30.3 Å². The highest BCUT2D eigenvalue weighted by Gasteiger charge is 2.48. The van der Waals surface area contributed by atoms with Crippen molar-refractivity contribution in [1.82, 2.24) is 4.90 Å². The Kier molecular flexibility index (Phi) is 4.93. The fourth-order valence-electron chi connectivity index (χ4n) is 4.15. The van der Waals surface area contributed by atoms with Gasteiger partial charge in [0, 0.05) is 24.7 Å². The number of nitrogens with zero attached hydrogens (tertiary/aromatic N) is 1. The molecule has 0 unspecified atom stereocenters. The Labute approximate surface area is 144 Å². The Morgan fingerprint density at radius 3 is 2.50 bits per heavy atom. The van der Waals surface area contributed by atoms with Gasteiger partial charge in [0.1, 0.15) is 0 Å². The number of para-hydroxylation sites is 1. The Hall–Kier alpha value is -1.84. The van der Waals surface area contributed by atoms with Crippen LogP contribution >= 0.6 is 0 Å². The van der Waals surface area contributed by atoms with Gasteiger partial charge in [0.25, 0.3) is 0 Å². The SMILES string of the molecule is CC1(C)CN(C2CCCCC2)C(=O)[C@H]1CC(=O)Nc1ccccc1. The third-order valence-electron chi connectivity index (χ3n) is 5.56. The van der Waals surface area contributed by atoms with E-state index in [2.05, 4.69) is 24.1 Å². The fraction of sp³-hybridized carbons (Fsp3) is 0.600. The molecule has 0 aromatic heterocycles. The second kappa shape index (κ2) is 6.96. The van der Waals surface area contributed by atoms with Gasteiger partial charge in [-0.15, -0.1) is 0 Å². The molecule has 0 radical (unpaired) electrons. The Bertz CT molecular complexity index is 591. The topological polar surface area (TPSA) is 49.4 Å². The van der Waals surface area contributed by atoms with E-state index in [9.17, 15) is 9.59 Å². The second-order valence-electron chi connectivity index (χ2n) is 7.92. The largest absolute Gasteiger partial charge is 0.339 e. The number of carbonyl (C=O) groups is 2. The van der Waals surface area contributed by atoms with Crippen LogP contribution in [0.5, 0.6) is 0 Å². The van der Waals surface area contributed by atoms with Crippen LogP contribution in [-0.2, 0) is 9.59 Å². The fourth-order valence-corrected chi connectivity index (χ4v) is 4.15. The number of likely N-dealkylation sites (tertiary alicyclic amines) is 1. The quantitative estimate of drug-likeness (QED) is 0.913. The summed E-state index contributed by atoms with van der Waals surface area (Å²) in [5.41, 5.74) is 0.637. The summed E-state index contributed by atoms with van der Waals surface area (Å²) in [5, 5.41) is 2.91. The van der Waals surface area contributed by atoms with E-state index in [0.29, 0.717) is 6.04 Å². The van der Waals surface area contributed by atoms with Gasteiger partial charge in [0.15, 0.2) is 0 Å². The van der Waals surface area contributed by atoms with Crippen LogP contribution in [0, 0.1) is 11.3 Å². The minimum absolute atomic E-state index is 0.0712. The summed E-state index contributed by atoms with van der Waals surface area (Å²) in [5.74, 6) is -0.114. The monoisotopic (exact) mass is 328 g/mol. The summed E-state index contributed by atoms with van der Waals surface area (Å²) >= 11 is 0. The molecule has 130 valence electrons. The second-order valence-corrected chi connectivity index (χ2v) is 7.92. The van der Waals surface area contributed by atoms with E-state index >= 15 is 0 Å². The number of carbonyl (C=O) groups excluding carboxylic acids is 2. The highest BCUT2D eigenvalue weighted by molar-refractivity contribution is 5.95. The molecule has 2 fully saturated rings. The Balaban J connectivity index is 1.65. The van der Waals surface area contributed by atoms with Crippen molar-refractivity contribution >= 4 is 17.5 Å². The summed E-state index contributed by atoms with van der Waals surface area (Å²) in [4.78, 5) is 27.4. The average molecular weight is 328 g/mol. The standard InChI is InChI=1S/C20H28N2O2/c1-20(2)14-22(16-11-7-4-8-12-16)19(24)17(20)13-18(23)21-15-9-5-3-6-10-15/h3,5-6,9-10,16-17H,4,7-8,11-14H2,1-2H3,(H,21,23)/t17-/m1/s1. The lowest BCUT2D eigenvalue weighted by molar-refractivity contribution is -0.136. The van der Waals surface area contributed by atoms with Crippen LogP contribution in [0.1, 0.15) is 52.4 Å². The highest BCUT2D eigenvalue weighted by atomic mass is 16.2. The number of amides is 2. The van der Waals surface area contributed by atoms with Gasteiger partial charge in [-0.2, -0.15) is 0 Å². The maximum Gasteiger partial charge on any atom is 0.227 e. The molecule has 0 bridgehead atoms. The van der Waals surface area contributed by atoms with E-state index in [1.165, 1.54) is 19.3 Å². The molecule has 3 rings (SSSR count). The van der Waals surface area contributed by atoms with Gasteiger partial charge < -0.3 is 10.2 Å². The van der Waals surface area contributed by atoms with Crippen LogP contribution in [0.15, 0.2) is 30.3 Å². The average Bonchev–Trinajstić information content (AvgIpc) is 2.80. The summed E-state index contributed by atoms with van der Waals surface area (Å²) in [6, 6.07) is 9.83. The molecule has 4 heteroatoms. The van der Waals surface area contributed by atoms with Gasteiger partial charge in [-0.25, -0.2) is 0 Å². The lowest BCUT2D eigenvalue weighted by atomic mass is 9.79. The van der Waals surface area contributed by atoms with Crippen molar-refractivity contribution in [2.45, 2.75) is 58.4 Å². The van der Waals surface area contributed by atoms with Crippen molar-refractivity contribution in [1.29, 1.82) is 0 Å². The van der Waals surface area contributed by atoms with E-state index in [-0.39, 0.29) is 29.6 Å². The molecule has 1 aliphatic heterocycles. The molecule has 1 aromatic rings. The molecule has 4 nitrogen and oxygen atoms in total. The Morgan fingerprint density at radius 1 is 1.17 bits per heavy atom. The van der Waals surface area contributed by atoms with E-state index in [1.54, 1.807) is 0 Å². The third-order valence-corrected chi connectivity index (χ3v) is 5.56. The zero-order valence-electron chi connectivity index (χ0n) is 14.8. The summed E-state index contributed by atoms with van der Waals surface area (Å²) in [6.07, 6.45) is 6.21. The molecule has 24 heavy (non-hydrogen) atoms. The van der Waals surface area contributed by atoms with Crippen molar-refractivity contribution < 1.29 is 9.59 Å². The minimum Gasteiger partial charge on any atom is -0.339 e. The van der Waals surface area contributed by atoms with Crippen molar-refractivity contribution in [3.05, 3.63) is 30.3 Å². The minimum atomic E-state index is -0.219. The summed E-state index contributed by atoms with van der Waals surface area (Å²) in [7, 11) is 0. The number of rotatable bonds is 4. The van der Waals surface area contributed by atoms with Crippen molar-refractivity contribution in [3.8, 4) is 0 Å². The molecular formula is C20H28N2O2. The first kappa shape index (κ1) is 17.0. The van der Waals surface area contributed by atoms with Crippen LogP contribution in [-0.4, -0.2) is 29.3 Å². The molecule has 0 spiro atoms. The molecule has 1 heterocycles. The van der Waals surface area contributed by atoms with Gasteiger partial charge in [0.05, 0.1) is 5.92 Å². The zero-order chi connectivity index (χ0) is 17.2. The smallest absolute Gasteiger partial charge is 0.227 e. The number of benzene rings is 1. The first-order valence-corrected chi connectivity index (χ1v) is 9.13. The maximum absolute atomic E-state index is 13.0. The van der Waals surface area contributed by atoms with E-state index < -0.39 is 0 Å². The van der Waals surface area contributed by atoms with Gasteiger partial charge >= 0.3 is 0 Å². The molecule has 1 aromatic carbocycles. The van der Waals surface area contributed by atoms with Crippen LogP contribution in [0.2, 0.25) is 0 Å². The summed E-state index contributed by atoms with van der Waals surface area (Å²) in [6.45, 7) is 5.02. The molecule has 1 aliphatic carbocycles. The lowest BCUT2D eigenvalue weighted by Crippen LogP contribution is -2.39. The van der Waals surface area contributed by atoms with Gasteiger partial charge in [-0.05, 0) is 30.4 Å². The molecule has 1 atom stereocenters. The van der Waals surface area contributed by atoms with E-state index in [4.69, 9.17) is 0 Å².